The minimum atomic E-state index is -0.441. The molecule has 2 aliphatic heterocycles. The molecule has 7 heteroatoms. The number of imide groups is 1. The van der Waals surface area contributed by atoms with Crippen molar-refractivity contribution >= 4 is 17.5 Å². The molecule has 1 aromatic carbocycles. The van der Waals surface area contributed by atoms with Crippen LogP contribution in [0, 0.1) is 5.82 Å². The van der Waals surface area contributed by atoms with Gasteiger partial charge in [-0.3, -0.25) is 19.4 Å². The van der Waals surface area contributed by atoms with E-state index in [9.17, 15) is 14.0 Å². The van der Waals surface area contributed by atoms with Crippen molar-refractivity contribution in [1.29, 1.82) is 0 Å². The van der Waals surface area contributed by atoms with Gasteiger partial charge in [0.25, 0.3) is 5.91 Å². The second kappa shape index (κ2) is 6.74. The topological polar surface area (TPSA) is 64.1 Å². The largest absolute Gasteiger partial charge is 0.395 e. The van der Waals surface area contributed by atoms with Crippen LogP contribution in [0.2, 0.25) is 0 Å². The highest BCUT2D eigenvalue weighted by Gasteiger charge is 2.43. The van der Waals surface area contributed by atoms with E-state index in [1.165, 1.54) is 24.3 Å². The molecule has 0 saturated carbocycles. The summed E-state index contributed by atoms with van der Waals surface area (Å²) >= 11 is 0. The van der Waals surface area contributed by atoms with E-state index in [1.807, 2.05) is 4.90 Å². The fourth-order valence-corrected chi connectivity index (χ4v) is 3.20. The monoisotopic (exact) mass is 321 g/mol. The standard InChI is InChI=1S/C16H20FN3O3/c17-12-1-3-13(4-2-12)20-15(22)11-14(16(20)23)19-7-5-18(6-8-19)9-10-21/h1-4,14,21H,5-11H2/t14-/m0/s1. The number of hydrogen-bond donors (Lipinski definition) is 1. The van der Waals surface area contributed by atoms with E-state index in [-0.39, 0.29) is 24.8 Å². The Morgan fingerprint density at radius 2 is 1.74 bits per heavy atom. The van der Waals surface area contributed by atoms with Gasteiger partial charge in [0, 0.05) is 32.7 Å². The van der Waals surface area contributed by atoms with Gasteiger partial charge < -0.3 is 5.11 Å². The van der Waals surface area contributed by atoms with E-state index in [1.54, 1.807) is 0 Å². The maximum absolute atomic E-state index is 13.0. The minimum Gasteiger partial charge on any atom is -0.395 e. The number of carbonyl (C=O) groups excluding carboxylic acids is 2. The van der Waals surface area contributed by atoms with Crippen LogP contribution in [0.3, 0.4) is 0 Å². The van der Waals surface area contributed by atoms with Crippen LogP contribution in [0.25, 0.3) is 0 Å². The smallest absolute Gasteiger partial charge is 0.251 e. The Bertz CT molecular complexity index is 585. The average molecular weight is 321 g/mol. The van der Waals surface area contributed by atoms with Crippen molar-refractivity contribution in [3.8, 4) is 0 Å². The van der Waals surface area contributed by atoms with Gasteiger partial charge in [-0.05, 0) is 24.3 Å². The number of nitrogens with zero attached hydrogens (tertiary/aromatic N) is 3. The molecule has 2 fully saturated rings. The van der Waals surface area contributed by atoms with E-state index in [2.05, 4.69) is 4.90 Å². The van der Waals surface area contributed by atoms with Crippen LogP contribution in [-0.4, -0.2) is 72.1 Å². The number of amides is 2. The zero-order valence-corrected chi connectivity index (χ0v) is 12.8. The number of aliphatic hydroxyl groups is 1. The third-order valence-electron chi connectivity index (χ3n) is 4.47. The number of β-amino-alcohol motifs (C(OH)–C–C–N with tert-alkyl or cyclic N) is 1. The van der Waals surface area contributed by atoms with E-state index in [0.717, 1.165) is 18.0 Å². The van der Waals surface area contributed by atoms with Crippen molar-refractivity contribution in [2.24, 2.45) is 0 Å². The molecule has 6 nitrogen and oxygen atoms in total. The Morgan fingerprint density at radius 1 is 1.09 bits per heavy atom. The number of hydrogen-bond acceptors (Lipinski definition) is 5. The molecular formula is C16H20FN3O3. The van der Waals surface area contributed by atoms with Gasteiger partial charge in [0.05, 0.1) is 24.8 Å². The van der Waals surface area contributed by atoms with Gasteiger partial charge in [-0.2, -0.15) is 0 Å². The van der Waals surface area contributed by atoms with Crippen LogP contribution in [0.15, 0.2) is 24.3 Å². The summed E-state index contributed by atoms with van der Waals surface area (Å²) in [5, 5.41) is 8.97. The molecular weight excluding hydrogens is 301 g/mol. The van der Waals surface area contributed by atoms with Crippen molar-refractivity contribution < 1.29 is 19.1 Å². The third-order valence-corrected chi connectivity index (χ3v) is 4.47. The molecule has 2 heterocycles. The van der Waals surface area contributed by atoms with Gasteiger partial charge in [-0.25, -0.2) is 9.29 Å². The van der Waals surface area contributed by atoms with Gasteiger partial charge in [-0.1, -0.05) is 0 Å². The number of halogens is 1. The summed E-state index contributed by atoms with van der Waals surface area (Å²) in [7, 11) is 0. The lowest BCUT2D eigenvalue weighted by molar-refractivity contribution is -0.123. The first-order chi connectivity index (χ1) is 11.1. The number of aliphatic hydroxyl groups excluding tert-OH is 1. The Morgan fingerprint density at radius 3 is 2.35 bits per heavy atom. The van der Waals surface area contributed by atoms with Gasteiger partial charge in [0.15, 0.2) is 0 Å². The molecule has 0 aliphatic carbocycles. The Kier molecular flexibility index (Phi) is 4.70. The first-order valence-electron chi connectivity index (χ1n) is 7.80. The fourth-order valence-electron chi connectivity index (χ4n) is 3.20. The van der Waals surface area contributed by atoms with Crippen molar-refractivity contribution in [2.75, 3.05) is 44.2 Å². The number of benzene rings is 1. The summed E-state index contributed by atoms with van der Waals surface area (Å²) in [6.45, 7) is 3.69. The predicted octanol–water partition coefficient (Wildman–Crippen LogP) is 0.0675. The second-order valence-corrected chi connectivity index (χ2v) is 5.86. The molecule has 0 spiro atoms. The maximum atomic E-state index is 13.0. The number of carbonyl (C=O) groups is 2. The number of anilines is 1. The summed E-state index contributed by atoms with van der Waals surface area (Å²) < 4.78 is 13.0. The van der Waals surface area contributed by atoms with Gasteiger partial charge in [0.1, 0.15) is 5.82 Å². The van der Waals surface area contributed by atoms with Crippen LogP contribution in [0.1, 0.15) is 6.42 Å². The van der Waals surface area contributed by atoms with Gasteiger partial charge in [0.2, 0.25) is 5.91 Å². The highest BCUT2D eigenvalue weighted by Crippen LogP contribution is 2.26. The molecule has 124 valence electrons. The number of rotatable bonds is 4. The summed E-state index contributed by atoms with van der Waals surface area (Å²) in [5.41, 5.74) is 0.419. The summed E-state index contributed by atoms with van der Waals surface area (Å²) in [6, 6.07) is 4.96. The van der Waals surface area contributed by atoms with Crippen LogP contribution in [-0.2, 0) is 9.59 Å². The summed E-state index contributed by atoms with van der Waals surface area (Å²) in [6.07, 6.45) is 0.163. The maximum Gasteiger partial charge on any atom is 0.251 e. The van der Waals surface area contributed by atoms with E-state index >= 15 is 0 Å². The van der Waals surface area contributed by atoms with Gasteiger partial charge in [-0.15, -0.1) is 0 Å². The number of piperazine rings is 1. The minimum absolute atomic E-state index is 0.124. The quantitative estimate of drug-likeness (QED) is 0.795. The van der Waals surface area contributed by atoms with E-state index in [4.69, 9.17) is 5.11 Å². The van der Waals surface area contributed by atoms with Crippen LogP contribution >= 0.6 is 0 Å². The molecule has 2 amide bonds. The Labute approximate surface area is 134 Å². The van der Waals surface area contributed by atoms with Crippen LogP contribution < -0.4 is 4.90 Å². The van der Waals surface area contributed by atoms with Crippen molar-refractivity contribution in [2.45, 2.75) is 12.5 Å². The SMILES string of the molecule is O=C1C[C@H](N2CCN(CCO)CC2)C(=O)N1c1ccc(F)cc1. The molecule has 0 unspecified atom stereocenters. The average Bonchev–Trinajstić information content (AvgIpc) is 2.84. The molecule has 3 rings (SSSR count). The predicted molar refractivity (Wildman–Crippen MR) is 82.4 cm³/mol. The Balaban J connectivity index is 1.68. The normalized spacial score (nSPS) is 23.7. The summed E-state index contributed by atoms with van der Waals surface area (Å²) in [4.78, 5) is 30.2. The zero-order chi connectivity index (χ0) is 16.4. The lowest BCUT2D eigenvalue weighted by Gasteiger charge is -2.36. The van der Waals surface area contributed by atoms with Crippen molar-refractivity contribution in [3.63, 3.8) is 0 Å². The Hall–Kier alpha value is -1.83. The zero-order valence-electron chi connectivity index (χ0n) is 12.8. The van der Waals surface area contributed by atoms with Crippen LogP contribution in [0.5, 0.6) is 0 Å². The molecule has 1 N–H and O–H groups in total. The highest BCUT2D eigenvalue weighted by molar-refractivity contribution is 6.22. The van der Waals surface area contributed by atoms with Gasteiger partial charge >= 0.3 is 0 Å². The van der Waals surface area contributed by atoms with Crippen molar-refractivity contribution in [1.82, 2.24) is 9.80 Å². The van der Waals surface area contributed by atoms with E-state index < -0.39 is 11.9 Å². The van der Waals surface area contributed by atoms with Crippen LogP contribution in [0.4, 0.5) is 10.1 Å². The molecule has 23 heavy (non-hydrogen) atoms. The lowest BCUT2D eigenvalue weighted by atomic mass is 10.1. The fraction of sp³-hybridized carbons (Fsp3) is 0.500. The molecule has 2 aliphatic rings. The second-order valence-electron chi connectivity index (χ2n) is 5.86. The first kappa shape index (κ1) is 16.0. The first-order valence-corrected chi connectivity index (χ1v) is 7.80. The lowest BCUT2D eigenvalue weighted by Crippen LogP contribution is -2.52. The molecule has 0 bridgehead atoms. The molecule has 0 radical (unpaired) electrons. The summed E-state index contributed by atoms with van der Waals surface area (Å²) in [5.74, 6) is -0.883. The molecule has 0 aromatic heterocycles. The molecule has 1 aromatic rings. The highest BCUT2D eigenvalue weighted by atomic mass is 19.1. The van der Waals surface area contributed by atoms with E-state index in [0.29, 0.717) is 25.3 Å². The van der Waals surface area contributed by atoms with Crippen molar-refractivity contribution in [3.05, 3.63) is 30.1 Å². The third kappa shape index (κ3) is 3.26. The molecule has 2 saturated heterocycles. The molecule has 1 atom stereocenters.